The molecule has 0 saturated carbocycles. The van der Waals surface area contributed by atoms with Crippen LogP contribution in [-0.4, -0.2) is 35.8 Å². The summed E-state index contributed by atoms with van der Waals surface area (Å²) in [6.07, 6.45) is 1.72. The number of hydrogen-bond donors (Lipinski definition) is 0. The average Bonchev–Trinajstić information content (AvgIpc) is 2.96. The molecule has 1 fully saturated rings. The first-order chi connectivity index (χ1) is 17.6. The number of amides is 1. The minimum Gasteiger partial charge on any atom is -0.336 e. The van der Waals surface area contributed by atoms with Gasteiger partial charge >= 0.3 is 0 Å². The Bertz CT molecular complexity index is 1170. The molecule has 0 unspecified atom stereocenters. The Morgan fingerprint density at radius 1 is 0.667 bits per heavy atom. The lowest BCUT2D eigenvalue weighted by Gasteiger charge is -2.53. The van der Waals surface area contributed by atoms with Crippen LogP contribution in [0.25, 0.3) is 0 Å². The molecule has 1 aliphatic heterocycles. The smallest absolute Gasteiger partial charge is 0.219 e. The quantitative estimate of drug-likeness (QED) is 0.300. The fourth-order valence-corrected chi connectivity index (χ4v) is 6.17. The molecule has 0 atom stereocenters. The van der Waals surface area contributed by atoms with Crippen LogP contribution < -0.4 is 0 Å². The zero-order valence-electron chi connectivity index (χ0n) is 21.2. The Morgan fingerprint density at radius 3 is 1.39 bits per heavy atom. The summed E-state index contributed by atoms with van der Waals surface area (Å²) in [5.74, 6) is 0.104. The van der Waals surface area contributed by atoms with E-state index < -0.39 is 5.54 Å². The van der Waals surface area contributed by atoms with Crippen molar-refractivity contribution in [3.63, 3.8) is 0 Å². The van der Waals surface area contributed by atoms with E-state index in [1.165, 1.54) is 22.3 Å². The van der Waals surface area contributed by atoms with Gasteiger partial charge in [-0.1, -0.05) is 121 Å². The maximum absolute atomic E-state index is 12.7. The van der Waals surface area contributed by atoms with Crippen LogP contribution in [0, 0.1) is 0 Å². The Hall–Kier alpha value is -3.69. The van der Waals surface area contributed by atoms with E-state index in [0.717, 1.165) is 25.9 Å². The van der Waals surface area contributed by atoms with Crippen LogP contribution in [0.2, 0.25) is 0 Å². The number of likely N-dealkylation sites (tertiary alicyclic amines) is 1. The summed E-state index contributed by atoms with van der Waals surface area (Å²) in [6, 6.07) is 43.1. The van der Waals surface area contributed by atoms with Crippen LogP contribution in [0.15, 0.2) is 121 Å². The summed E-state index contributed by atoms with van der Waals surface area (Å²) in [5, 5.41) is 0. The summed E-state index contributed by atoms with van der Waals surface area (Å²) in [6.45, 7) is 3.38. The molecule has 3 heteroatoms. The van der Waals surface area contributed by atoms with E-state index >= 15 is 0 Å². The minimum atomic E-state index is -0.429. The van der Waals surface area contributed by atoms with Crippen molar-refractivity contribution < 1.29 is 4.79 Å². The van der Waals surface area contributed by atoms with Crippen molar-refractivity contribution in [1.82, 2.24) is 9.80 Å². The first kappa shape index (κ1) is 24.0. The van der Waals surface area contributed by atoms with Crippen LogP contribution in [0.5, 0.6) is 0 Å². The van der Waals surface area contributed by atoms with Crippen molar-refractivity contribution in [3.05, 3.63) is 144 Å². The first-order valence-corrected chi connectivity index (χ1v) is 12.8. The molecule has 1 heterocycles. The lowest BCUT2D eigenvalue weighted by Crippen LogP contribution is -2.58. The molecule has 0 radical (unpaired) electrons. The van der Waals surface area contributed by atoms with Gasteiger partial charge in [0, 0.05) is 27.1 Å². The Kier molecular flexibility index (Phi) is 6.75. The van der Waals surface area contributed by atoms with Crippen molar-refractivity contribution in [2.45, 2.75) is 30.8 Å². The second-order valence-corrected chi connectivity index (χ2v) is 9.77. The molecule has 0 N–H and O–H groups in total. The molecule has 1 amide bonds. The molecule has 0 aromatic heterocycles. The summed E-state index contributed by atoms with van der Waals surface area (Å²) < 4.78 is 0. The molecule has 4 aromatic rings. The number of nitrogens with zero attached hydrogens (tertiary/aromatic N) is 2. The number of hydrogen-bond acceptors (Lipinski definition) is 2. The number of carbonyl (C=O) groups is 1. The lowest BCUT2D eigenvalue weighted by molar-refractivity contribution is -0.136. The highest BCUT2D eigenvalue weighted by Gasteiger charge is 2.48. The maximum atomic E-state index is 12.7. The summed E-state index contributed by atoms with van der Waals surface area (Å²) in [5.41, 5.74) is 4.24. The van der Waals surface area contributed by atoms with Crippen LogP contribution >= 0.6 is 0 Å². The topological polar surface area (TPSA) is 23.6 Å². The third kappa shape index (κ3) is 4.04. The molecule has 36 heavy (non-hydrogen) atoms. The highest BCUT2D eigenvalue weighted by atomic mass is 16.2. The molecule has 182 valence electrons. The van der Waals surface area contributed by atoms with Gasteiger partial charge in [-0.15, -0.1) is 0 Å². The summed E-state index contributed by atoms with van der Waals surface area (Å²) in [4.78, 5) is 17.3. The molecule has 0 bridgehead atoms. The second-order valence-electron chi connectivity index (χ2n) is 9.77. The van der Waals surface area contributed by atoms with Crippen molar-refractivity contribution in [2.24, 2.45) is 0 Å². The van der Waals surface area contributed by atoms with Gasteiger partial charge in [0.2, 0.25) is 5.91 Å². The van der Waals surface area contributed by atoms with Gasteiger partial charge in [0.05, 0.1) is 11.1 Å². The van der Waals surface area contributed by atoms with Crippen molar-refractivity contribution >= 4 is 5.91 Å². The van der Waals surface area contributed by atoms with E-state index in [0.29, 0.717) is 0 Å². The number of carbonyl (C=O) groups excluding carboxylic acids is 1. The van der Waals surface area contributed by atoms with Crippen LogP contribution in [-0.2, 0) is 15.9 Å². The predicted octanol–water partition coefficient (Wildman–Crippen LogP) is 6.45. The standard InChI is InChI=1S/C33H34N2O/c1-27(36)34(2)32(28-15-7-3-8-16-28)23-25-35(26-24-32)33(29-17-9-4-10-18-29,30-19-11-5-12-20-30)31-21-13-6-14-22-31/h3-22H,23-26H2,1-2H3. The highest BCUT2D eigenvalue weighted by molar-refractivity contribution is 5.74. The minimum absolute atomic E-state index is 0.104. The van der Waals surface area contributed by atoms with Gasteiger partial charge in [0.1, 0.15) is 0 Å². The predicted molar refractivity (Wildman–Crippen MR) is 147 cm³/mol. The second kappa shape index (κ2) is 10.1. The van der Waals surface area contributed by atoms with E-state index in [1.807, 2.05) is 18.0 Å². The Morgan fingerprint density at radius 2 is 1.03 bits per heavy atom. The molecule has 0 spiro atoms. The molecular weight excluding hydrogens is 440 g/mol. The van der Waals surface area contributed by atoms with Gasteiger partial charge in [-0.25, -0.2) is 0 Å². The normalized spacial score (nSPS) is 15.8. The molecular formula is C33H34N2O. The molecule has 4 aromatic carbocycles. The van der Waals surface area contributed by atoms with Gasteiger partial charge in [0.15, 0.2) is 0 Å². The van der Waals surface area contributed by atoms with E-state index in [2.05, 4.69) is 120 Å². The summed E-state index contributed by atoms with van der Waals surface area (Å²) >= 11 is 0. The molecule has 1 aliphatic rings. The first-order valence-electron chi connectivity index (χ1n) is 12.8. The van der Waals surface area contributed by atoms with Gasteiger partial charge < -0.3 is 4.90 Å². The van der Waals surface area contributed by atoms with E-state index in [9.17, 15) is 4.79 Å². The zero-order chi connectivity index (χ0) is 25.0. The third-order valence-corrected chi connectivity index (χ3v) is 8.07. The SMILES string of the molecule is CC(=O)N(C)C1(c2ccccc2)CCN(C(c2ccccc2)(c2ccccc2)c2ccccc2)CC1. The molecule has 3 nitrogen and oxygen atoms in total. The molecule has 0 aliphatic carbocycles. The van der Waals surface area contributed by atoms with Crippen LogP contribution in [0.1, 0.15) is 42.0 Å². The van der Waals surface area contributed by atoms with Gasteiger partial charge in [-0.3, -0.25) is 9.69 Å². The fourth-order valence-electron chi connectivity index (χ4n) is 6.17. The van der Waals surface area contributed by atoms with Crippen molar-refractivity contribution in [1.29, 1.82) is 0 Å². The lowest BCUT2D eigenvalue weighted by atomic mass is 9.72. The van der Waals surface area contributed by atoms with Gasteiger partial charge in [-0.05, 0) is 35.1 Å². The fraction of sp³-hybridized carbons (Fsp3) is 0.242. The van der Waals surface area contributed by atoms with E-state index in [1.54, 1.807) is 6.92 Å². The van der Waals surface area contributed by atoms with Gasteiger partial charge in [0.25, 0.3) is 0 Å². The molecule has 1 saturated heterocycles. The maximum Gasteiger partial charge on any atom is 0.219 e. The highest BCUT2D eigenvalue weighted by Crippen LogP contribution is 2.47. The average molecular weight is 475 g/mol. The Balaban J connectivity index is 1.65. The van der Waals surface area contributed by atoms with Crippen LogP contribution in [0.3, 0.4) is 0 Å². The number of piperidine rings is 1. The monoisotopic (exact) mass is 474 g/mol. The summed E-state index contributed by atoms with van der Waals surface area (Å²) in [7, 11) is 1.96. The van der Waals surface area contributed by atoms with Crippen molar-refractivity contribution in [3.8, 4) is 0 Å². The number of rotatable bonds is 6. The largest absolute Gasteiger partial charge is 0.336 e. The van der Waals surface area contributed by atoms with E-state index in [4.69, 9.17) is 0 Å². The number of benzene rings is 4. The zero-order valence-corrected chi connectivity index (χ0v) is 21.2. The molecule has 5 rings (SSSR count). The Labute approximate surface area is 215 Å². The van der Waals surface area contributed by atoms with E-state index in [-0.39, 0.29) is 11.4 Å². The van der Waals surface area contributed by atoms with Gasteiger partial charge in [-0.2, -0.15) is 0 Å². The third-order valence-electron chi connectivity index (χ3n) is 8.07. The van der Waals surface area contributed by atoms with Crippen LogP contribution in [0.4, 0.5) is 0 Å². The van der Waals surface area contributed by atoms with Crippen molar-refractivity contribution in [2.75, 3.05) is 20.1 Å².